The zero-order valence-electron chi connectivity index (χ0n) is 20.2. The normalized spacial score (nSPS) is 31.6. The topological polar surface area (TPSA) is 78.5 Å². The Morgan fingerprint density at radius 2 is 1.94 bits per heavy atom. The Labute approximate surface area is 191 Å². The summed E-state index contributed by atoms with van der Waals surface area (Å²) in [4.78, 5) is 38.3. The first-order valence-corrected chi connectivity index (χ1v) is 12.2. The van der Waals surface area contributed by atoms with Crippen molar-refractivity contribution in [3.8, 4) is 0 Å². The minimum absolute atomic E-state index is 0.119. The highest BCUT2D eigenvalue weighted by Crippen LogP contribution is 2.41. The number of hydrogen-bond donors (Lipinski definition) is 2. The van der Waals surface area contributed by atoms with E-state index in [0.29, 0.717) is 30.5 Å². The number of hydrogen-bond acceptors (Lipinski definition) is 4. The molecule has 3 fully saturated rings. The molecule has 0 bridgehead atoms. The van der Waals surface area contributed by atoms with Crippen LogP contribution in [0, 0.1) is 11.3 Å². The molecule has 6 heteroatoms. The number of nitrogens with one attached hydrogen (secondary N) is 2. The molecule has 0 radical (unpaired) electrons. The van der Waals surface area contributed by atoms with Gasteiger partial charge in [-0.1, -0.05) is 38.8 Å². The van der Waals surface area contributed by atoms with Crippen molar-refractivity contribution in [1.29, 1.82) is 0 Å². The molecule has 2 aliphatic carbocycles. The molecule has 2 heterocycles. The van der Waals surface area contributed by atoms with Crippen molar-refractivity contribution in [2.24, 2.45) is 11.3 Å². The van der Waals surface area contributed by atoms with Gasteiger partial charge in [-0.2, -0.15) is 0 Å². The van der Waals surface area contributed by atoms with E-state index in [1.165, 1.54) is 18.4 Å². The molecule has 2 saturated carbocycles. The van der Waals surface area contributed by atoms with Gasteiger partial charge in [0, 0.05) is 32.0 Å². The lowest BCUT2D eigenvalue weighted by Gasteiger charge is -2.46. The minimum Gasteiger partial charge on any atom is -0.322 e. The number of carbonyl (C=O) groups is 3. The Morgan fingerprint density at radius 1 is 1.16 bits per heavy atom. The first-order chi connectivity index (χ1) is 15.6. The van der Waals surface area contributed by atoms with Crippen LogP contribution in [0.4, 0.5) is 0 Å². The molecule has 5 rings (SSSR count). The molecule has 2 N–H and O–H groups in total. The van der Waals surface area contributed by atoms with Crippen molar-refractivity contribution in [2.75, 3.05) is 0 Å². The van der Waals surface area contributed by atoms with Gasteiger partial charge in [-0.3, -0.25) is 19.7 Å². The van der Waals surface area contributed by atoms with Crippen LogP contribution in [-0.2, 0) is 22.6 Å². The van der Waals surface area contributed by atoms with Crippen LogP contribution in [0.5, 0.6) is 0 Å². The summed E-state index contributed by atoms with van der Waals surface area (Å²) >= 11 is 0. The SMILES string of the molecule is [2H]C1(N[C@H]2CCCC[C@@H]2Cc2ccc3c(c2)CN(C2CCC(=O)NC2=O)C3=O)CC(C)(C)C1. The van der Waals surface area contributed by atoms with E-state index < -0.39 is 12.1 Å². The van der Waals surface area contributed by atoms with Gasteiger partial charge in [0.15, 0.2) is 0 Å². The fourth-order valence-corrected chi connectivity index (χ4v) is 6.17. The van der Waals surface area contributed by atoms with Crippen LogP contribution < -0.4 is 10.6 Å². The molecule has 1 unspecified atom stereocenters. The maximum atomic E-state index is 13.0. The molecule has 1 saturated heterocycles. The maximum absolute atomic E-state index is 13.0. The highest BCUT2D eigenvalue weighted by Gasteiger charge is 2.40. The Kier molecular flexibility index (Phi) is 5.28. The summed E-state index contributed by atoms with van der Waals surface area (Å²) in [6.45, 7) is 4.90. The van der Waals surface area contributed by atoms with Gasteiger partial charge in [0.2, 0.25) is 11.8 Å². The average Bonchev–Trinajstić information content (AvgIpc) is 3.03. The van der Waals surface area contributed by atoms with Crippen LogP contribution in [0.1, 0.15) is 88.1 Å². The summed E-state index contributed by atoms with van der Waals surface area (Å²) in [6.07, 6.45) is 8.13. The standard InChI is InChI=1S/C26H35N3O3/c1-26(2)13-19(14-26)27-21-6-4-3-5-17(21)11-16-7-8-20-18(12-16)15-29(25(20)32)22-9-10-23(30)28-24(22)31/h7-8,12,17,19,21-22,27H,3-6,9-11,13-15H2,1-2H3,(H,28,30,31)/t17-,21+,22?/m1/s1/i19D. The lowest BCUT2D eigenvalue weighted by Crippen LogP contribution is -2.52. The number of benzene rings is 1. The third-order valence-corrected chi connectivity index (χ3v) is 7.77. The zero-order chi connectivity index (χ0) is 23.4. The third kappa shape index (κ3) is 4.21. The van der Waals surface area contributed by atoms with Gasteiger partial charge in [-0.25, -0.2) is 0 Å². The van der Waals surface area contributed by atoms with Crippen molar-refractivity contribution >= 4 is 17.7 Å². The fraction of sp³-hybridized carbons (Fsp3) is 0.654. The summed E-state index contributed by atoms with van der Waals surface area (Å²) in [5, 5.41) is 6.07. The van der Waals surface area contributed by atoms with E-state index in [2.05, 4.69) is 36.6 Å². The molecule has 172 valence electrons. The van der Waals surface area contributed by atoms with Crippen molar-refractivity contribution in [1.82, 2.24) is 15.5 Å². The summed E-state index contributed by atoms with van der Waals surface area (Å²) in [7, 11) is 0. The van der Waals surface area contributed by atoms with Crippen molar-refractivity contribution in [2.45, 2.75) is 96.3 Å². The quantitative estimate of drug-likeness (QED) is 0.692. The molecule has 1 aromatic carbocycles. The first-order valence-electron chi connectivity index (χ1n) is 12.7. The van der Waals surface area contributed by atoms with Crippen LogP contribution in [0.2, 0.25) is 0 Å². The highest BCUT2D eigenvalue weighted by molar-refractivity contribution is 6.05. The maximum Gasteiger partial charge on any atom is 0.255 e. The molecular weight excluding hydrogens is 402 g/mol. The Balaban J connectivity index is 1.27. The molecular formula is C26H35N3O3. The van der Waals surface area contributed by atoms with Crippen LogP contribution in [0.3, 0.4) is 0 Å². The van der Waals surface area contributed by atoms with Crippen molar-refractivity contribution in [3.05, 3.63) is 34.9 Å². The number of imide groups is 1. The van der Waals surface area contributed by atoms with E-state index in [-0.39, 0.29) is 29.6 Å². The summed E-state index contributed by atoms with van der Waals surface area (Å²) in [5.41, 5.74) is 3.13. The average molecular weight is 439 g/mol. The van der Waals surface area contributed by atoms with E-state index in [1.807, 2.05) is 6.07 Å². The van der Waals surface area contributed by atoms with Gasteiger partial charge >= 0.3 is 0 Å². The smallest absolute Gasteiger partial charge is 0.255 e. The second-order valence-corrected chi connectivity index (χ2v) is 11.0. The summed E-state index contributed by atoms with van der Waals surface area (Å²) < 4.78 is 8.79. The van der Waals surface area contributed by atoms with Crippen LogP contribution in [0.25, 0.3) is 0 Å². The third-order valence-electron chi connectivity index (χ3n) is 7.77. The second-order valence-electron chi connectivity index (χ2n) is 11.0. The predicted octanol–water partition coefficient (Wildman–Crippen LogP) is 3.33. The summed E-state index contributed by atoms with van der Waals surface area (Å²) in [5.74, 6) is -0.261. The number of piperidine rings is 1. The molecule has 32 heavy (non-hydrogen) atoms. The van der Waals surface area contributed by atoms with E-state index >= 15 is 0 Å². The first kappa shape index (κ1) is 20.4. The monoisotopic (exact) mass is 438 g/mol. The molecule has 3 amide bonds. The second kappa shape index (κ2) is 8.29. The molecule has 2 aliphatic heterocycles. The van der Waals surface area contributed by atoms with Crippen molar-refractivity contribution < 1.29 is 15.8 Å². The number of nitrogens with zero attached hydrogens (tertiary/aromatic N) is 1. The number of rotatable bonds is 5. The molecule has 4 aliphatic rings. The Hall–Kier alpha value is -2.21. The van der Waals surface area contributed by atoms with Crippen LogP contribution in [-0.4, -0.2) is 40.7 Å². The van der Waals surface area contributed by atoms with Gasteiger partial charge < -0.3 is 10.2 Å². The van der Waals surface area contributed by atoms with Gasteiger partial charge in [-0.15, -0.1) is 0 Å². The van der Waals surface area contributed by atoms with Gasteiger partial charge in [0.05, 0.1) is 0 Å². The Bertz CT molecular complexity index is 983. The molecule has 3 atom stereocenters. The van der Waals surface area contributed by atoms with E-state index in [1.54, 1.807) is 4.90 Å². The lowest BCUT2D eigenvalue weighted by molar-refractivity contribution is -0.136. The largest absolute Gasteiger partial charge is 0.322 e. The van der Waals surface area contributed by atoms with Crippen molar-refractivity contribution in [3.63, 3.8) is 0 Å². The number of amides is 3. The fourth-order valence-electron chi connectivity index (χ4n) is 6.17. The highest BCUT2D eigenvalue weighted by atomic mass is 16.2. The van der Waals surface area contributed by atoms with E-state index in [9.17, 15) is 14.4 Å². The Morgan fingerprint density at radius 3 is 2.69 bits per heavy atom. The van der Waals surface area contributed by atoms with Gasteiger partial charge in [0.1, 0.15) is 6.04 Å². The zero-order valence-corrected chi connectivity index (χ0v) is 19.2. The van der Waals surface area contributed by atoms with Gasteiger partial charge in [-0.05, 0) is 67.1 Å². The molecule has 0 aromatic heterocycles. The van der Waals surface area contributed by atoms with Crippen LogP contribution in [0.15, 0.2) is 18.2 Å². The molecule has 0 spiro atoms. The van der Waals surface area contributed by atoms with Gasteiger partial charge in [0.25, 0.3) is 5.91 Å². The lowest BCUT2D eigenvalue weighted by atomic mass is 9.67. The number of carbonyl (C=O) groups excluding carboxylic acids is 3. The summed E-state index contributed by atoms with van der Waals surface area (Å²) in [6, 6.07) is 5.40. The molecule has 6 nitrogen and oxygen atoms in total. The predicted molar refractivity (Wildman–Crippen MR) is 122 cm³/mol. The van der Waals surface area contributed by atoms with E-state index in [0.717, 1.165) is 37.7 Å². The minimum atomic E-state index is -0.571. The number of fused-ring (bicyclic) bond motifs is 1. The molecule has 1 aromatic rings. The van der Waals surface area contributed by atoms with E-state index in [4.69, 9.17) is 1.37 Å². The van der Waals surface area contributed by atoms with Crippen LogP contribution >= 0.6 is 0 Å².